The minimum absolute atomic E-state index is 0.0589. The van der Waals surface area contributed by atoms with Crippen LogP contribution in [0.4, 0.5) is 5.82 Å². The van der Waals surface area contributed by atoms with Crippen molar-refractivity contribution < 1.29 is 13.2 Å². The Hall–Kier alpha value is -4.24. The lowest BCUT2D eigenvalue weighted by molar-refractivity contribution is 0.340. The van der Waals surface area contributed by atoms with Gasteiger partial charge in [-0.05, 0) is 61.0 Å². The Kier molecular flexibility index (Phi) is 5.46. The van der Waals surface area contributed by atoms with Gasteiger partial charge in [-0.1, -0.05) is 30.3 Å². The summed E-state index contributed by atoms with van der Waals surface area (Å²) in [5.74, 6) is 0.690. The quantitative estimate of drug-likeness (QED) is 0.370. The highest BCUT2D eigenvalue weighted by molar-refractivity contribution is 7.92. The summed E-state index contributed by atoms with van der Waals surface area (Å²) in [7, 11) is -3.98. The minimum Gasteiger partial charge on any atom is -0.494 e. The fraction of sp³-hybridized carbons (Fsp3) is 0.0800. The number of para-hydroxylation sites is 2. The molecule has 0 bridgehead atoms. The number of rotatable bonds is 6. The van der Waals surface area contributed by atoms with E-state index >= 15 is 0 Å². The highest BCUT2D eigenvalue weighted by Gasteiger charge is 2.30. The van der Waals surface area contributed by atoms with Gasteiger partial charge >= 0.3 is 0 Å². The first-order chi connectivity index (χ1) is 16.5. The van der Waals surface area contributed by atoms with Gasteiger partial charge in [0.15, 0.2) is 5.65 Å². The second kappa shape index (κ2) is 8.60. The van der Waals surface area contributed by atoms with E-state index in [0.29, 0.717) is 17.6 Å². The third kappa shape index (κ3) is 3.75. The predicted molar refractivity (Wildman–Crippen MR) is 132 cm³/mol. The second-order valence-electron chi connectivity index (χ2n) is 7.47. The summed E-state index contributed by atoms with van der Waals surface area (Å²) in [5.41, 5.74) is 8.78. The Balaban J connectivity index is 1.72. The number of hydrogen-bond donors (Lipinski definition) is 1. The van der Waals surface area contributed by atoms with Crippen LogP contribution in [0.25, 0.3) is 22.2 Å². The summed E-state index contributed by atoms with van der Waals surface area (Å²) in [4.78, 5) is 9.25. The molecule has 0 aliphatic carbocycles. The summed E-state index contributed by atoms with van der Waals surface area (Å²) >= 11 is 0. The molecule has 170 valence electrons. The van der Waals surface area contributed by atoms with Gasteiger partial charge in [0.1, 0.15) is 22.0 Å². The molecular formula is C25H21N5O3S. The fourth-order valence-corrected chi connectivity index (χ4v) is 5.17. The van der Waals surface area contributed by atoms with Gasteiger partial charge in [-0.25, -0.2) is 18.4 Å². The number of benzene rings is 3. The van der Waals surface area contributed by atoms with Crippen LogP contribution in [-0.2, 0) is 9.84 Å². The molecule has 34 heavy (non-hydrogen) atoms. The number of fused-ring (bicyclic) bond motifs is 2. The molecule has 3 aromatic carbocycles. The number of aromatic nitrogens is 3. The van der Waals surface area contributed by atoms with E-state index in [1.807, 2.05) is 43.3 Å². The lowest BCUT2D eigenvalue weighted by Crippen LogP contribution is -2.06. The van der Waals surface area contributed by atoms with Gasteiger partial charge < -0.3 is 10.5 Å². The largest absolute Gasteiger partial charge is 0.494 e. The number of ether oxygens (including phenoxy) is 1. The molecule has 0 fully saturated rings. The van der Waals surface area contributed by atoms with Crippen LogP contribution in [0.2, 0.25) is 0 Å². The zero-order valence-corrected chi connectivity index (χ0v) is 19.1. The van der Waals surface area contributed by atoms with E-state index in [4.69, 9.17) is 10.5 Å². The van der Waals surface area contributed by atoms with Gasteiger partial charge in [0, 0.05) is 0 Å². The zero-order chi connectivity index (χ0) is 23.7. The van der Waals surface area contributed by atoms with Crippen LogP contribution in [0.5, 0.6) is 5.75 Å². The molecule has 9 heteroatoms. The fourth-order valence-electron chi connectivity index (χ4n) is 3.66. The monoisotopic (exact) mass is 471 g/mol. The maximum atomic E-state index is 13.6. The molecule has 2 heterocycles. The van der Waals surface area contributed by atoms with E-state index in [9.17, 15) is 8.42 Å². The van der Waals surface area contributed by atoms with E-state index in [2.05, 4.69) is 15.1 Å². The molecule has 0 amide bonds. The van der Waals surface area contributed by atoms with Crippen molar-refractivity contribution in [1.29, 1.82) is 0 Å². The standard InChI is InChI=1S/C25H21N5O3S/c1-2-33-18-14-12-17(13-15-18)16-27-30-24(26)23(34(31,32)19-8-4-3-5-9-19)22-25(30)29-21-11-7-6-10-20(21)28-22/h3-16H,2,26H2,1H3. The first-order valence-corrected chi connectivity index (χ1v) is 12.1. The maximum absolute atomic E-state index is 13.6. The lowest BCUT2D eigenvalue weighted by Gasteiger charge is -2.05. The summed E-state index contributed by atoms with van der Waals surface area (Å²) in [6.07, 6.45) is 1.58. The van der Waals surface area contributed by atoms with Crippen molar-refractivity contribution in [2.75, 3.05) is 12.3 Å². The van der Waals surface area contributed by atoms with Crippen molar-refractivity contribution in [2.45, 2.75) is 16.7 Å². The Labute approximate surface area is 196 Å². The van der Waals surface area contributed by atoms with Gasteiger partial charge in [0.05, 0.1) is 28.8 Å². The van der Waals surface area contributed by atoms with E-state index < -0.39 is 9.84 Å². The molecule has 5 aromatic rings. The number of anilines is 1. The summed E-state index contributed by atoms with van der Waals surface area (Å²) < 4.78 is 33.9. The average molecular weight is 472 g/mol. The van der Waals surface area contributed by atoms with E-state index in [1.54, 1.807) is 36.5 Å². The van der Waals surface area contributed by atoms with Crippen molar-refractivity contribution in [3.05, 3.63) is 84.4 Å². The number of nitrogens with zero attached hydrogens (tertiary/aromatic N) is 4. The molecule has 0 aliphatic heterocycles. The molecule has 0 unspecified atom stereocenters. The molecule has 0 radical (unpaired) electrons. The van der Waals surface area contributed by atoms with Crippen molar-refractivity contribution in [3.8, 4) is 5.75 Å². The van der Waals surface area contributed by atoms with Crippen molar-refractivity contribution in [3.63, 3.8) is 0 Å². The molecule has 0 aliphatic rings. The normalized spacial score (nSPS) is 12.0. The van der Waals surface area contributed by atoms with E-state index in [0.717, 1.165) is 11.3 Å². The second-order valence-corrected chi connectivity index (χ2v) is 9.36. The van der Waals surface area contributed by atoms with Crippen LogP contribution in [0.1, 0.15) is 12.5 Å². The highest BCUT2D eigenvalue weighted by atomic mass is 32.2. The maximum Gasteiger partial charge on any atom is 0.212 e. The van der Waals surface area contributed by atoms with Gasteiger partial charge in [-0.15, -0.1) is 0 Å². The van der Waals surface area contributed by atoms with Gasteiger partial charge in [-0.3, -0.25) is 0 Å². The summed E-state index contributed by atoms with van der Waals surface area (Å²) in [6, 6.07) is 22.7. The zero-order valence-electron chi connectivity index (χ0n) is 18.3. The average Bonchev–Trinajstić information content (AvgIpc) is 3.13. The van der Waals surface area contributed by atoms with Crippen molar-refractivity contribution in [2.24, 2.45) is 5.10 Å². The van der Waals surface area contributed by atoms with Crippen molar-refractivity contribution in [1.82, 2.24) is 14.6 Å². The van der Waals surface area contributed by atoms with Gasteiger partial charge in [0.2, 0.25) is 9.84 Å². The molecule has 0 spiro atoms. The molecule has 2 N–H and O–H groups in total. The minimum atomic E-state index is -3.98. The Bertz CT molecular complexity index is 1630. The van der Waals surface area contributed by atoms with Gasteiger partial charge in [0.25, 0.3) is 0 Å². The molecule has 5 rings (SSSR count). The number of nitrogen functional groups attached to an aromatic ring is 1. The Morgan fingerprint density at radius 3 is 2.26 bits per heavy atom. The predicted octanol–water partition coefficient (Wildman–Crippen LogP) is 4.28. The topological polar surface area (TPSA) is 112 Å². The molecule has 0 atom stereocenters. The molecule has 0 saturated carbocycles. The Morgan fingerprint density at radius 1 is 0.941 bits per heavy atom. The number of nitrogens with two attached hydrogens (primary N) is 1. The highest BCUT2D eigenvalue weighted by Crippen LogP contribution is 2.35. The molecule has 0 saturated heterocycles. The third-order valence-electron chi connectivity index (χ3n) is 5.26. The summed E-state index contributed by atoms with van der Waals surface area (Å²) in [5, 5.41) is 4.47. The Morgan fingerprint density at radius 2 is 1.59 bits per heavy atom. The lowest BCUT2D eigenvalue weighted by atomic mass is 10.2. The summed E-state index contributed by atoms with van der Waals surface area (Å²) in [6.45, 7) is 2.49. The van der Waals surface area contributed by atoms with Crippen LogP contribution >= 0.6 is 0 Å². The van der Waals surface area contributed by atoms with Crippen LogP contribution < -0.4 is 10.5 Å². The first kappa shape index (κ1) is 21.6. The van der Waals surface area contributed by atoms with E-state index in [-0.39, 0.29) is 26.8 Å². The molecule has 2 aromatic heterocycles. The SMILES string of the molecule is CCOc1ccc(C=Nn2c(N)c(S(=O)(=O)c3ccccc3)c3nc4ccccc4nc32)cc1. The van der Waals surface area contributed by atoms with Crippen LogP contribution in [-0.4, -0.2) is 35.9 Å². The van der Waals surface area contributed by atoms with Crippen LogP contribution in [0, 0.1) is 0 Å². The number of sulfone groups is 1. The van der Waals surface area contributed by atoms with Crippen LogP contribution in [0.3, 0.4) is 0 Å². The number of hydrogen-bond acceptors (Lipinski definition) is 7. The third-order valence-corrected chi connectivity index (χ3v) is 7.10. The van der Waals surface area contributed by atoms with E-state index in [1.165, 1.54) is 16.8 Å². The first-order valence-electron chi connectivity index (χ1n) is 10.6. The van der Waals surface area contributed by atoms with Crippen LogP contribution in [0.15, 0.2) is 93.8 Å². The van der Waals surface area contributed by atoms with Gasteiger partial charge in [-0.2, -0.15) is 9.78 Å². The van der Waals surface area contributed by atoms with Crippen molar-refractivity contribution >= 4 is 44.1 Å². The molecular weight excluding hydrogens is 450 g/mol. The molecule has 8 nitrogen and oxygen atoms in total. The smallest absolute Gasteiger partial charge is 0.212 e.